The van der Waals surface area contributed by atoms with Crippen LogP contribution in [0.4, 0.5) is 10.1 Å². The van der Waals surface area contributed by atoms with E-state index in [1.54, 1.807) is 24.3 Å². The normalized spacial score (nSPS) is 12.0. The molecule has 110 valence electrons. The molecule has 1 N–H and O–H groups in total. The molecule has 0 bridgehead atoms. The van der Waals surface area contributed by atoms with E-state index in [4.69, 9.17) is 11.6 Å². The van der Waals surface area contributed by atoms with Crippen molar-refractivity contribution in [3.05, 3.63) is 59.4 Å². The lowest BCUT2D eigenvalue weighted by atomic mass is 10.2. The van der Waals surface area contributed by atoms with Crippen molar-refractivity contribution in [2.24, 2.45) is 0 Å². The van der Waals surface area contributed by atoms with Gasteiger partial charge in [-0.05, 0) is 48.9 Å². The molecule has 0 saturated heterocycles. The maximum absolute atomic E-state index is 13.1. The number of amides is 1. The van der Waals surface area contributed by atoms with Crippen molar-refractivity contribution in [3.8, 4) is 0 Å². The van der Waals surface area contributed by atoms with E-state index < -0.39 is 0 Å². The molecular weight excluding hydrogens is 309 g/mol. The van der Waals surface area contributed by atoms with Gasteiger partial charge in [0.05, 0.1) is 5.25 Å². The maximum atomic E-state index is 13.1. The molecule has 0 radical (unpaired) electrons. The number of anilines is 1. The minimum absolute atomic E-state index is 0.136. The molecule has 0 saturated carbocycles. The second-order valence-electron chi connectivity index (χ2n) is 4.47. The highest BCUT2D eigenvalue weighted by molar-refractivity contribution is 8.00. The Labute approximate surface area is 132 Å². The lowest BCUT2D eigenvalue weighted by Gasteiger charge is -2.14. The fraction of sp³-hybridized carbons (Fsp3) is 0.188. The van der Waals surface area contributed by atoms with E-state index in [1.165, 1.54) is 23.9 Å². The van der Waals surface area contributed by atoms with Gasteiger partial charge in [0.2, 0.25) is 5.91 Å². The number of benzene rings is 2. The van der Waals surface area contributed by atoms with Gasteiger partial charge in [-0.15, -0.1) is 11.8 Å². The molecule has 0 heterocycles. The standard InChI is InChI=1S/C16H15ClFNOS/c1-2-15(21-14-8-6-11(17)7-9-14)16(20)19-13-5-3-4-12(18)10-13/h3-10,15H,2H2,1H3,(H,19,20). The monoisotopic (exact) mass is 323 g/mol. The lowest BCUT2D eigenvalue weighted by Crippen LogP contribution is -2.24. The molecule has 2 aromatic carbocycles. The molecule has 0 aromatic heterocycles. The van der Waals surface area contributed by atoms with E-state index in [0.29, 0.717) is 17.1 Å². The minimum Gasteiger partial charge on any atom is -0.325 e. The van der Waals surface area contributed by atoms with Gasteiger partial charge >= 0.3 is 0 Å². The van der Waals surface area contributed by atoms with E-state index in [2.05, 4.69) is 5.32 Å². The Morgan fingerprint density at radius 3 is 2.62 bits per heavy atom. The van der Waals surface area contributed by atoms with Crippen molar-refractivity contribution in [1.82, 2.24) is 0 Å². The summed E-state index contributed by atoms with van der Waals surface area (Å²) in [6.45, 7) is 1.94. The first-order chi connectivity index (χ1) is 10.1. The van der Waals surface area contributed by atoms with Crippen LogP contribution in [-0.2, 0) is 4.79 Å². The molecule has 0 spiro atoms. The molecule has 0 fully saturated rings. The van der Waals surface area contributed by atoms with Crippen molar-refractivity contribution in [1.29, 1.82) is 0 Å². The van der Waals surface area contributed by atoms with Gasteiger partial charge in [-0.3, -0.25) is 4.79 Å². The van der Waals surface area contributed by atoms with E-state index in [1.807, 2.05) is 19.1 Å². The summed E-state index contributed by atoms with van der Waals surface area (Å²) in [7, 11) is 0. The third-order valence-corrected chi connectivity index (χ3v) is 4.48. The summed E-state index contributed by atoms with van der Waals surface area (Å²) >= 11 is 7.31. The highest BCUT2D eigenvalue weighted by atomic mass is 35.5. The summed E-state index contributed by atoms with van der Waals surface area (Å²) in [4.78, 5) is 13.2. The van der Waals surface area contributed by atoms with E-state index in [-0.39, 0.29) is 17.0 Å². The lowest BCUT2D eigenvalue weighted by molar-refractivity contribution is -0.115. The summed E-state index contributed by atoms with van der Waals surface area (Å²) in [5.41, 5.74) is 0.468. The predicted octanol–water partition coefficient (Wildman–Crippen LogP) is 4.99. The first-order valence-corrected chi connectivity index (χ1v) is 7.83. The number of hydrogen-bond acceptors (Lipinski definition) is 2. The van der Waals surface area contributed by atoms with Gasteiger partial charge in [-0.2, -0.15) is 0 Å². The molecule has 2 rings (SSSR count). The number of halogens is 2. The molecule has 21 heavy (non-hydrogen) atoms. The van der Waals surface area contributed by atoms with Crippen molar-refractivity contribution in [2.45, 2.75) is 23.5 Å². The second-order valence-corrected chi connectivity index (χ2v) is 6.18. The van der Waals surface area contributed by atoms with Crippen LogP contribution in [-0.4, -0.2) is 11.2 Å². The SMILES string of the molecule is CCC(Sc1ccc(Cl)cc1)C(=O)Nc1cccc(F)c1. The van der Waals surface area contributed by atoms with Crippen LogP contribution in [0.1, 0.15) is 13.3 Å². The zero-order chi connectivity index (χ0) is 15.2. The van der Waals surface area contributed by atoms with Gasteiger partial charge in [0.1, 0.15) is 5.82 Å². The van der Waals surface area contributed by atoms with E-state index >= 15 is 0 Å². The molecule has 1 atom stereocenters. The largest absolute Gasteiger partial charge is 0.325 e. The van der Waals surface area contributed by atoms with Gasteiger partial charge < -0.3 is 5.32 Å². The van der Waals surface area contributed by atoms with Gasteiger partial charge in [0, 0.05) is 15.6 Å². The minimum atomic E-state index is -0.369. The number of thioether (sulfide) groups is 1. The van der Waals surface area contributed by atoms with Crippen LogP contribution >= 0.6 is 23.4 Å². The second kappa shape index (κ2) is 7.48. The number of nitrogens with one attached hydrogen (secondary N) is 1. The average Bonchev–Trinajstić information content (AvgIpc) is 2.46. The van der Waals surface area contributed by atoms with Crippen molar-refractivity contribution in [2.75, 3.05) is 5.32 Å². The molecule has 0 aliphatic rings. The van der Waals surface area contributed by atoms with Gasteiger partial charge in [0.25, 0.3) is 0 Å². The van der Waals surface area contributed by atoms with E-state index in [9.17, 15) is 9.18 Å². The van der Waals surface area contributed by atoms with Gasteiger partial charge in [-0.1, -0.05) is 24.6 Å². The maximum Gasteiger partial charge on any atom is 0.237 e. The Balaban J connectivity index is 2.03. The summed E-state index contributed by atoms with van der Waals surface area (Å²) in [6, 6.07) is 13.2. The first kappa shape index (κ1) is 15.9. The quantitative estimate of drug-likeness (QED) is 0.785. The van der Waals surface area contributed by atoms with Crippen LogP contribution in [0.3, 0.4) is 0 Å². The fourth-order valence-corrected chi connectivity index (χ4v) is 2.87. The summed E-state index contributed by atoms with van der Waals surface area (Å²) < 4.78 is 13.1. The van der Waals surface area contributed by atoms with Crippen LogP contribution in [0.25, 0.3) is 0 Å². The molecule has 2 aromatic rings. The summed E-state index contributed by atoms with van der Waals surface area (Å²) in [6.07, 6.45) is 0.675. The Morgan fingerprint density at radius 1 is 1.29 bits per heavy atom. The molecule has 1 unspecified atom stereocenters. The smallest absolute Gasteiger partial charge is 0.237 e. The number of carbonyl (C=O) groups excluding carboxylic acids is 1. The van der Waals surface area contributed by atoms with Crippen LogP contribution < -0.4 is 5.32 Å². The molecule has 0 aliphatic heterocycles. The van der Waals surface area contributed by atoms with Gasteiger partial charge in [-0.25, -0.2) is 4.39 Å². The third kappa shape index (κ3) is 4.76. The molecular formula is C16H15ClFNOS. The third-order valence-electron chi connectivity index (χ3n) is 2.85. The van der Waals surface area contributed by atoms with Gasteiger partial charge in [0.15, 0.2) is 0 Å². The highest BCUT2D eigenvalue weighted by Gasteiger charge is 2.18. The van der Waals surface area contributed by atoms with Crippen LogP contribution in [0, 0.1) is 5.82 Å². The molecule has 5 heteroatoms. The fourth-order valence-electron chi connectivity index (χ4n) is 1.79. The first-order valence-electron chi connectivity index (χ1n) is 6.57. The Bertz CT molecular complexity index is 618. The van der Waals surface area contributed by atoms with Crippen molar-refractivity contribution < 1.29 is 9.18 Å². The average molecular weight is 324 g/mol. The molecule has 2 nitrogen and oxygen atoms in total. The number of carbonyl (C=O) groups is 1. The topological polar surface area (TPSA) is 29.1 Å². The highest BCUT2D eigenvalue weighted by Crippen LogP contribution is 2.27. The predicted molar refractivity (Wildman–Crippen MR) is 86.4 cm³/mol. The number of hydrogen-bond donors (Lipinski definition) is 1. The summed E-state index contributed by atoms with van der Waals surface area (Å²) in [5.74, 6) is -0.505. The van der Waals surface area contributed by atoms with E-state index in [0.717, 1.165) is 4.90 Å². The molecule has 0 aliphatic carbocycles. The Morgan fingerprint density at radius 2 is 2.00 bits per heavy atom. The zero-order valence-electron chi connectivity index (χ0n) is 11.5. The van der Waals surface area contributed by atoms with Crippen LogP contribution in [0.15, 0.2) is 53.4 Å². The Kier molecular flexibility index (Phi) is 5.65. The van der Waals surface area contributed by atoms with Crippen molar-refractivity contribution in [3.63, 3.8) is 0 Å². The number of rotatable bonds is 5. The zero-order valence-corrected chi connectivity index (χ0v) is 13.0. The van der Waals surface area contributed by atoms with Crippen LogP contribution in [0.2, 0.25) is 5.02 Å². The van der Waals surface area contributed by atoms with Crippen LogP contribution in [0.5, 0.6) is 0 Å². The molecule has 1 amide bonds. The Hall–Kier alpha value is -1.52. The van der Waals surface area contributed by atoms with Crippen molar-refractivity contribution >= 4 is 35.0 Å². The summed E-state index contributed by atoms with van der Waals surface area (Å²) in [5, 5.41) is 3.16.